The Hall–Kier alpha value is -0.610. The van der Waals surface area contributed by atoms with Crippen LogP contribution in [0.3, 0.4) is 0 Å². The average Bonchev–Trinajstić information content (AvgIpc) is 2.47. The number of hydrogen-bond acceptors (Lipinski definition) is 3. The molecule has 2 aliphatic rings. The summed E-state index contributed by atoms with van der Waals surface area (Å²) in [5.74, 6) is 0.270. The molecule has 2 saturated heterocycles. The standard InChI is InChI=1S/C10H19N3O/c1-13-7-9(5-10(13)14)12-8-3-2-4-11-6-8/h8-9,11-12H,2-7H2,1H3. The molecule has 2 unspecified atom stereocenters. The predicted molar refractivity (Wildman–Crippen MR) is 55.1 cm³/mol. The minimum Gasteiger partial charge on any atom is -0.344 e. The van der Waals surface area contributed by atoms with Crippen molar-refractivity contribution in [1.29, 1.82) is 0 Å². The summed E-state index contributed by atoms with van der Waals surface area (Å²) < 4.78 is 0. The molecule has 2 atom stereocenters. The van der Waals surface area contributed by atoms with Crippen molar-refractivity contribution < 1.29 is 4.79 Å². The van der Waals surface area contributed by atoms with Crippen molar-refractivity contribution in [3.8, 4) is 0 Å². The fourth-order valence-electron chi connectivity index (χ4n) is 2.30. The van der Waals surface area contributed by atoms with Gasteiger partial charge in [0.2, 0.25) is 5.91 Å². The number of likely N-dealkylation sites (N-methyl/N-ethyl adjacent to an activating group) is 1. The molecule has 2 fully saturated rings. The summed E-state index contributed by atoms with van der Waals surface area (Å²) in [5, 5.41) is 6.92. The van der Waals surface area contributed by atoms with Crippen LogP contribution in [0.15, 0.2) is 0 Å². The zero-order valence-corrected chi connectivity index (χ0v) is 8.75. The van der Waals surface area contributed by atoms with Gasteiger partial charge in [0, 0.05) is 38.6 Å². The van der Waals surface area contributed by atoms with Gasteiger partial charge in [0.1, 0.15) is 0 Å². The molecule has 0 saturated carbocycles. The molecule has 2 aliphatic heterocycles. The van der Waals surface area contributed by atoms with Crippen molar-refractivity contribution >= 4 is 5.91 Å². The Kier molecular flexibility index (Phi) is 3.03. The van der Waals surface area contributed by atoms with E-state index in [-0.39, 0.29) is 5.91 Å². The maximum atomic E-state index is 11.3. The van der Waals surface area contributed by atoms with Crippen LogP contribution in [-0.4, -0.2) is 49.6 Å². The van der Waals surface area contributed by atoms with E-state index in [1.807, 2.05) is 11.9 Å². The number of carbonyl (C=O) groups excluding carboxylic acids is 1. The molecule has 0 bridgehead atoms. The Balaban J connectivity index is 1.77. The maximum Gasteiger partial charge on any atom is 0.224 e. The number of rotatable bonds is 2. The molecule has 0 aliphatic carbocycles. The molecular weight excluding hydrogens is 178 g/mol. The summed E-state index contributed by atoms with van der Waals surface area (Å²) in [5.41, 5.74) is 0. The van der Waals surface area contributed by atoms with Crippen molar-refractivity contribution in [2.75, 3.05) is 26.7 Å². The van der Waals surface area contributed by atoms with E-state index in [1.165, 1.54) is 12.8 Å². The lowest BCUT2D eigenvalue weighted by atomic mass is 10.1. The highest BCUT2D eigenvalue weighted by atomic mass is 16.2. The van der Waals surface area contributed by atoms with Crippen molar-refractivity contribution in [2.24, 2.45) is 0 Å². The van der Waals surface area contributed by atoms with Crippen LogP contribution in [0.25, 0.3) is 0 Å². The summed E-state index contributed by atoms with van der Waals surface area (Å²) in [6.45, 7) is 3.06. The number of hydrogen-bond donors (Lipinski definition) is 2. The molecule has 0 aromatic carbocycles. The summed E-state index contributed by atoms with van der Waals surface area (Å²) in [6, 6.07) is 0.936. The van der Waals surface area contributed by atoms with Gasteiger partial charge in [-0.2, -0.15) is 0 Å². The molecule has 2 N–H and O–H groups in total. The highest BCUT2D eigenvalue weighted by Gasteiger charge is 2.28. The van der Waals surface area contributed by atoms with E-state index >= 15 is 0 Å². The van der Waals surface area contributed by atoms with Crippen LogP contribution in [0.4, 0.5) is 0 Å². The number of likely N-dealkylation sites (tertiary alicyclic amines) is 1. The fourth-order valence-corrected chi connectivity index (χ4v) is 2.30. The molecular formula is C10H19N3O. The number of piperidine rings is 1. The second kappa shape index (κ2) is 4.28. The minimum absolute atomic E-state index is 0.270. The molecule has 4 heteroatoms. The number of nitrogens with one attached hydrogen (secondary N) is 2. The molecule has 1 amide bonds. The third kappa shape index (κ3) is 2.25. The molecule has 0 aromatic heterocycles. The van der Waals surface area contributed by atoms with Gasteiger partial charge in [0.05, 0.1) is 0 Å². The van der Waals surface area contributed by atoms with Gasteiger partial charge in [0.25, 0.3) is 0 Å². The highest BCUT2D eigenvalue weighted by molar-refractivity contribution is 5.78. The summed E-state index contributed by atoms with van der Waals surface area (Å²) in [6.07, 6.45) is 3.16. The third-order valence-electron chi connectivity index (χ3n) is 3.11. The van der Waals surface area contributed by atoms with Gasteiger partial charge in [-0.05, 0) is 19.4 Å². The van der Waals surface area contributed by atoms with Crippen molar-refractivity contribution in [3.63, 3.8) is 0 Å². The van der Waals surface area contributed by atoms with E-state index in [0.29, 0.717) is 18.5 Å². The van der Waals surface area contributed by atoms with Crippen LogP contribution >= 0.6 is 0 Å². The van der Waals surface area contributed by atoms with Gasteiger partial charge < -0.3 is 15.5 Å². The summed E-state index contributed by atoms with van der Waals surface area (Å²) in [4.78, 5) is 13.1. The molecule has 0 aromatic rings. The Morgan fingerprint density at radius 2 is 2.36 bits per heavy atom. The van der Waals surface area contributed by atoms with Gasteiger partial charge in [-0.15, -0.1) is 0 Å². The van der Waals surface area contributed by atoms with Gasteiger partial charge in [0.15, 0.2) is 0 Å². The van der Waals surface area contributed by atoms with Crippen LogP contribution in [-0.2, 0) is 4.79 Å². The van der Waals surface area contributed by atoms with Crippen LogP contribution in [0, 0.1) is 0 Å². The second-order valence-corrected chi connectivity index (χ2v) is 4.39. The van der Waals surface area contributed by atoms with Gasteiger partial charge in [-0.3, -0.25) is 4.79 Å². The number of carbonyl (C=O) groups is 1. The quantitative estimate of drug-likeness (QED) is 0.631. The van der Waals surface area contributed by atoms with E-state index in [2.05, 4.69) is 10.6 Å². The Morgan fingerprint density at radius 3 is 2.93 bits per heavy atom. The maximum absolute atomic E-state index is 11.3. The molecule has 2 rings (SSSR count). The normalized spacial score (nSPS) is 33.8. The lowest BCUT2D eigenvalue weighted by Crippen LogP contribution is -2.48. The minimum atomic E-state index is 0.270. The third-order valence-corrected chi connectivity index (χ3v) is 3.11. The molecule has 4 nitrogen and oxygen atoms in total. The first-order valence-electron chi connectivity index (χ1n) is 5.46. The Labute approximate surface area is 85.0 Å². The first kappa shape index (κ1) is 9.93. The van der Waals surface area contributed by atoms with Crippen molar-refractivity contribution in [1.82, 2.24) is 15.5 Å². The van der Waals surface area contributed by atoms with Crippen LogP contribution < -0.4 is 10.6 Å². The number of nitrogens with zero attached hydrogens (tertiary/aromatic N) is 1. The van der Waals surface area contributed by atoms with Crippen molar-refractivity contribution in [3.05, 3.63) is 0 Å². The first-order valence-corrected chi connectivity index (χ1v) is 5.46. The highest BCUT2D eigenvalue weighted by Crippen LogP contribution is 2.11. The molecule has 2 heterocycles. The monoisotopic (exact) mass is 197 g/mol. The van der Waals surface area contributed by atoms with Gasteiger partial charge >= 0.3 is 0 Å². The van der Waals surface area contributed by atoms with E-state index < -0.39 is 0 Å². The van der Waals surface area contributed by atoms with E-state index in [1.54, 1.807) is 0 Å². The summed E-state index contributed by atoms with van der Waals surface area (Å²) in [7, 11) is 1.88. The van der Waals surface area contributed by atoms with Crippen LogP contribution in [0.1, 0.15) is 19.3 Å². The molecule has 14 heavy (non-hydrogen) atoms. The second-order valence-electron chi connectivity index (χ2n) is 4.39. The van der Waals surface area contributed by atoms with Crippen LogP contribution in [0.2, 0.25) is 0 Å². The zero-order chi connectivity index (χ0) is 9.97. The lowest BCUT2D eigenvalue weighted by Gasteiger charge is -2.26. The van der Waals surface area contributed by atoms with Crippen molar-refractivity contribution in [2.45, 2.75) is 31.3 Å². The predicted octanol–water partition coefficient (Wildman–Crippen LogP) is -0.441. The SMILES string of the molecule is CN1CC(NC2CCCNC2)CC1=O. The van der Waals surface area contributed by atoms with Gasteiger partial charge in [-0.25, -0.2) is 0 Å². The van der Waals surface area contributed by atoms with Gasteiger partial charge in [-0.1, -0.05) is 0 Å². The summed E-state index contributed by atoms with van der Waals surface area (Å²) >= 11 is 0. The smallest absolute Gasteiger partial charge is 0.224 e. The van der Waals surface area contributed by atoms with Crippen LogP contribution in [0.5, 0.6) is 0 Å². The fraction of sp³-hybridized carbons (Fsp3) is 0.900. The molecule has 80 valence electrons. The average molecular weight is 197 g/mol. The van der Waals surface area contributed by atoms with E-state index in [4.69, 9.17) is 0 Å². The topological polar surface area (TPSA) is 44.4 Å². The van der Waals surface area contributed by atoms with E-state index in [0.717, 1.165) is 19.6 Å². The Bertz CT molecular complexity index is 213. The molecule has 0 radical (unpaired) electrons. The zero-order valence-electron chi connectivity index (χ0n) is 8.75. The molecule has 0 spiro atoms. The first-order chi connectivity index (χ1) is 6.75. The lowest BCUT2D eigenvalue weighted by molar-refractivity contribution is -0.126. The Morgan fingerprint density at radius 1 is 1.50 bits per heavy atom. The largest absolute Gasteiger partial charge is 0.344 e. The number of amides is 1. The van der Waals surface area contributed by atoms with E-state index in [9.17, 15) is 4.79 Å².